The van der Waals surface area contributed by atoms with Gasteiger partial charge < -0.3 is 5.32 Å². The van der Waals surface area contributed by atoms with E-state index in [0.29, 0.717) is 5.69 Å². The summed E-state index contributed by atoms with van der Waals surface area (Å²) in [5, 5.41) is 2.95. The number of hydrogen-bond acceptors (Lipinski definition) is 7. The van der Waals surface area contributed by atoms with E-state index in [1.165, 1.54) is 42.1 Å². The number of alkyl halides is 3. The molecule has 0 aliphatic heterocycles. The number of amides is 1. The first-order chi connectivity index (χ1) is 14.6. The van der Waals surface area contributed by atoms with Gasteiger partial charge in [-0.05, 0) is 44.0 Å². The quantitative estimate of drug-likeness (QED) is 0.587. The summed E-state index contributed by atoms with van der Waals surface area (Å²) in [6.07, 6.45) is -1.75. The summed E-state index contributed by atoms with van der Waals surface area (Å²) in [6.45, 7) is 1.40. The van der Waals surface area contributed by atoms with Crippen molar-refractivity contribution in [2.45, 2.75) is 32.0 Å². The number of fused-ring (bicyclic) bond motifs is 1. The number of rotatable bonds is 6. The molecular formula is C18H17F3N6O3S. The van der Waals surface area contributed by atoms with Crippen molar-refractivity contribution in [1.82, 2.24) is 24.2 Å². The van der Waals surface area contributed by atoms with Gasteiger partial charge in [-0.25, -0.2) is 28.1 Å². The molecule has 4 rings (SSSR count). The molecule has 0 spiro atoms. The van der Waals surface area contributed by atoms with Gasteiger partial charge in [0, 0.05) is 17.3 Å². The zero-order chi connectivity index (χ0) is 22.4. The molecule has 0 unspecified atom stereocenters. The second-order valence-corrected chi connectivity index (χ2v) is 8.99. The highest BCUT2D eigenvalue weighted by Crippen LogP contribution is 2.33. The topological polar surface area (TPSA) is 119 Å². The fraction of sp³-hybridized carbons (Fsp3) is 0.333. The standard InChI is InChI=1S/C18H17F3N6O3S/c1-2-31(29,30)26-16(28)10-3-7-12(8-4-10)27-9-22-13-14(23-11-5-6-11)24-17(18(19,20)21)25-15(13)27/h3-4,7-9,11H,2,5-6H2,1H3,(H,26,28)(H,23,24,25). The SMILES string of the molecule is CCS(=O)(=O)NC(=O)c1ccc(-n2cnc3c(NC4CC4)nc(C(F)(F)F)nc32)cc1. The van der Waals surface area contributed by atoms with Gasteiger partial charge in [0.2, 0.25) is 15.8 Å². The highest BCUT2D eigenvalue weighted by molar-refractivity contribution is 7.90. The monoisotopic (exact) mass is 454 g/mol. The number of halogens is 3. The molecule has 1 amide bonds. The molecule has 0 radical (unpaired) electrons. The molecule has 1 aliphatic rings. The third-order valence-electron chi connectivity index (χ3n) is 4.60. The third-order valence-corrected chi connectivity index (χ3v) is 5.86. The van der Waals surface area contributed by atoms with Gasteiger partial charge in [-0.1, -0.05) is 0 Å². The molecule has 2 aromatic heterocycles. The van der Waals surface area contributed by atoms with Gasteiger partial charge in [-0.2, -0.15) is 13.2 Å². The number of aromatic nitrogens is 4. The van der Waals surface area contributed by atoms with Crippen molar-refractivity contribution >= 4 is 32.9 Å². The van der Waals surface area contributed by atoms with Gasteiger partial charge in [0.25, 0.3) is 5.91 Å². The summed E-state index contributed by atoms with van der Waals surface area (Å²) < 4.78 is 66.3. The zero-order valence-corrected chi connectivity index (χ0v) is 17.0. The Labute approximate surface area is 174 Å². The Bertz CT molecular complexity index is 1250. The predicted octanol–water partition coefficient (Wildman–Crippen LogP) is 2.49. The summed E-state index contributed by atoms with van der Waals surface area (Å²) in [5.41, 5.74) is 0.612. The molecule has 0 atom stereocenters. The van der Waals surface area contributed by atoms with E-state index in [-0.39, 0.29) is 34.3 Å². The highest BCUT2D eigenvalue weighted by atomic mass is 32.2. The molecule has 31 heavy (non-hydrogen) atoms. The van der Waals surface area contributed by atoms with Crippen LogP contribution in [0.3, 0.4) is 0 Å². The Kier molecular flexibility index (Phi) is 5.07. The number of sulfonamides is 1. The lowest BCUT2D eigenvalue weighted by atomic mass is 10.2. The first kappa shape index (κ1) is 21.0. The predicted molar refractivity (Wildman–Crippen MR) is 105 cm³/mol. The maximum absolute atomic E-state index is 13.3. The van der Waals surface area contributed by atoms with Crippen LogP contribution in [0.25, 0.3) is 16.9 Å². The van der Waals surface area contributed by atoms with Crippen molar-refractivity contribution in [2.24, 2.45) is 0 Å². The lowest BCUT2D eigenvalue weighted by Gasteiger charge is -2.11. The van der Waals surface area contributed by atoms with E-state index in [0.717, 1.165) is 12.8 Å². The van der Waals surface area contributed by atoms with Crippen LogP contribution < -0.4 is 10.0 Å². The lowest BCUT2D eigenvalue weighted by molar-refractivity contribution is -0.144. The smallest absolute Gasteiger partial charge is 0.365 e. The second-order valence-electron chi connectivity index (χ2n) is 6.98. The second kappa shape index (κ2) is 7.48. The van der Waals surface area contributed by atoms with Crippen LogP contribution in [0.5, 0.6) is 0 Å². The molecule has 1 fully saturated rings. The lowest BCUT2D eigenvalue weighted by Crippen LogP contribution is -2.31. The Morgan fingerprint density at radius 2 is 1.87 bits per heavy atom. The van der Waals surface area contributed by atoms with E-state index in [2.05, 4.69) is 20.3 Å². The normalized spacial score (nSPS) is 14.6. The Balaban J connectivity index is 1.71. The number of benzene rings is 1. The minimum absolute atomic E-state index is 0.0133. The molecule has 9 nitrogen and oxygen atoms in total. The molecule has 1 saturated carbocycles. The third kappa shape index (κ3) is 4.45. The summed E-state index contributed by atoms with van der Waals surface area (Å²) in [5.74, 6) is -2.33. The summed E-state index contributed by atoms with van der Waals surface area (Å²) in [7, 11) is -3.72. The zero-order valence-electron chi connectivity index (χ0n) is 16.1. The Hall–Kier alpha value is -3.22. The molecule has 3 aromatic rings. The maximum atomic E-state index is 13.3. The van der Waals surface area contributed by atoms with Crippen LogP contribution in [0.4, 0.5) is 19.0 Å². The van der Waals surface area contributed by atoms with Gasteiger partial charge in [0.15, 0.2) is 17.0 Å². The van der Waals surface area contributed by atoms with Crippen molar-refractivity contribution in [3.05, 3.63) is 42.0 Å². The van der Waals surface area contributed by atoms with E-state index in [9.17, 15) is 26.4 Å². The molecule has 13 heteroatoms. The van der Waals surface area contributed by atoms with Crippen LogP contribution in [-0.2, 0) is 16.2 Å². The minimum atomic E-state index is -4.74. The maximum Gasteiger partial charge on any atom is 0.451 e. The van der Waals surface area contributed by atoms with Crippen LogP contribution >= 0.6 is 0 Å². The van der Waals surface area contributed by atoms with Crippen LogP contribution in [-0.4, -0.2) is 45.6 Å². The molecule has 0 bridgehead atoms. The minimum Gasteiger partial charge on any atom is -0.365 e. The molecule has 1 aliphatic carbocycles. The first-order valence-electron chi connectivity index (χ1n) is 9.31. The van der Waals surface area contributed by atoms with Crippen LogP contribution in [0, 0.1) is 0 Å². The van der Waals surface area contributed by atoms with Crippen molar-refractivity contribution < 1.29 is 26.4 Å². The summed E-state index contributed by atoms with van der Waals surface area (Å²) >= 11 is 0. The van der Waals surface area contributed by atoms with E-state index in [4.69, 9.17) is 0 Å². The molecule has 0 saturated heterocycles. The average molecular weight is 454 g/mol. The van der Waals surface area contributed by atoms with E-state index in [1.54, 1.807) is 0 Å². The fourth-order valence-electron chi connectivity index (χ4n) is 2.78. The van der Waals surface area contributed by atoms with E-state index >= 15 is 0 Å². The van der Waals surface area contributed by atoms with Gasteiger partial charge >= 0.3 is 6.18 Å². The van der Waals surface area contributed by atoms with Crippen molar-refractivity contribution in [3.63, 3.8) is 0 Å². The van der Waals surface area contributed by atoms with Crippen molar-refractivity contribution in [1.29, 1.82) is 0 Å². The number of anilines is 1. The Morgan fingerprint density at radius 3 is 2.45 bits per heavy atom. The number of nitrogens with one attached hydrogen (secondary N) is 2. The van der Waals surface area contributed by atoms with Crippen LogP contribution in [0.15, 0.2) is 30.6 Å². The van der Waals surface area contributed by atoms with Crippen LogP contribution in [0.2, 0.25) is 0 Å². The first-order valence-corrected chi connectivity index (χ1v) is 11.0. The number of imidazole rings is 1. The van der Waals surface area contributed by atoms with Gasteiger partial charge in [0.05, 0.1) is 5.75 Å². The van der Waals surface area contributed by atoms with E-state index in [1.807, 2.05) is 4.72 Å². The number of carbonyl (C=O) groups excluding carboxylic acids is 1. The molecule has 164 valence electrons. The van der Waals surface area contributed by atoms with Gasteiger partial charge in [-0.3, -0.25) is 9.36 Å². The van der Waals surface area contributed by atoms with Crippen LogP contribution in [0.1, 0.15) is 35.9 Å². The molecular weight excluding hydrogens is 437 g/mol. The van der Waals surface area contributed by atoms with Crippen molar-refractivity contribution in [2.75, 3.05) is 11.1 Å². The van der Waals surface area contributed by atoms with E-state index < -0.39 is 27.9 Å². The molecule has 1 aromatic carbocycles. The largest absolute Gasteiger partial charge is 0.451 e. The van der Waals surface area contributed by atoms with Gasteiger partial charge in [0.1, 0.15) is 6.33 Å². The summed E-state index contributed by atoms with van der Waals surface area (Å²) in [6, 6.07) is 5.69. The molecule has 2 heterocycles. The molecule has 2 N–H and O–H groups in total. The number of hydrogen-bond donors (Lipinski definition) is 2. The average Bonchev–Trinajstić information content (AvgIpc) is 3.42. The Morgan fingerprint density at radius 1 is 1.19 bits per heavy atom. The fourth-order valence-corrected chi connectivity index (χ4v) is 3.33. The highest BCUT2D eigenvalue weighted by Gasteiger charge is 2.37. The summed E-state index contributed by atoms with van der Waals surface area (Å²) in [4.78, 5) is 23.5. The number of carbonyl (C=O) groups is 1. The number of nitrogens with zero attached hydrogens (tertiary/aromatic N) is 4. The van der Waals surface area contributed by atoms with Crippen molar-refractivity contribution in [3.8, 4) is 5.69 Å². The van der Waals surface area contributed by atoms with Gasteiger partial charge in [-0.15, -0.1) is 0 Å².